The summed E-state index contributed by atoms with van der Waals surface area (Å²) in [6.07, 6.45) is 3.61. The normalized spacial score (nSPS) is 10.9. The average molecular weight is 284 g/mol. The summed E-state index contributed by atoms with van der Waals surface area (Å²) in [5, 5.41) is 0.513. The first-order chi connectivity index (χ1) is 10.3. The van der Waals surface area contributed by atoms with Crippen LogP contribution in [0, 0.1) is 0 Å². The molecule has 0 spiro atoms. The molecule has 4 nitrogen and oxygen atoms in total. The van der Waals surface area contributed by atoms with Crippen molar-refractivity contribution in [2.45, 2.75) is 19.8 Å². The van der Waals surface area contributed by atoms with Gasteiger partial charge in [-0.05, 0) is 36.8 Å². The van der Waals surface area contributed by atoms with Crippen molar-refractivity contribution >= 4 is 11.0 Å². The van der Waals surface area contributed by atoms with Crippen LogP contribution in [0.3, 0.4) is 0 Å². The third-order valence-corrected chi connectivity index (χ3v) is 3.23. The molecule has 0 saturated heterocycles. The van der Waals surface area contributed by atoms with Crippen molar-refractivity contribution in [2.75, 3.05) is 6.61 Å². The molecule has 0 fully saturated rings. The summed E-state index contributed by atoms with van der Waals surface area (Å²) in [5.41, 5.74) is 0.417. The summed E-state index contributed by atoms with van der Waals surface area (Å²) in [7, 11) is 0. The third kappa shape index (κ3) is 2.84. The minimum absolute atomic E-state index is 0.108. The smallest absolute Gasteiger partial charge is 0.193 e. The summed E-state index contributed by atoms with van der Waals surface area (Å²) in [5.74, 6) is 1.66. The van der Waals surface area contributed by atoms with Crippen LogP contribution in [0.4, 0.5) is 0 Å². The minimum Gasteiger partial charge on any atom is -0.494 e. The van der Waals surface area contributed by atoms with E-state index in [2.05, 4.69) is 6.92 Å². The van der Waals surface area contributed by atoms with E-state index in [1.54, 1.807) is 30.5 Å². The van der Waals surface area contributed by atoms with E-state index in [9.17, 15) is 4.79 Å². The molecule has 0 aliphatic carbocycles. The maximum absolute atomic E-state index is 12.2. The molecule has 0 atom stereocenters. The lowest BCUT2D eigenvalue weighted by molar-refractivity contribution is 0.309. The van der Waals surface area contributed by atoms with Crippen LogP contribution < -0.4 is 10.2 Å². The molecule has 4 heteroatoms. The predicted octanol–water partition coefficient (Wildman–Crippen LogP) is 4.23. The molecule has 0 bridgehead atoms. The average Bonchev–Trinajstić information content (AvgIpc) is 3.02. The fourth-order valence-electron chi connectivity index (χ4n) is 2.10. The van der Waals surface area contributed by atoms with Gasteiger partial charge in [0, 0.05) is 6.07 Å². The zero-order valence-corrected chi connectivity index (χ0v) is 11.8. The maximum Gasteiger partial charge on any atom is 0.193 e. The second-order valence-electron chi connectivity index (χ2n) is 4.81. The number of benzene rings is 1. The van der Waals surface area contributed by atoms with Crippen molar-refractivity contribution in [3.05, 3.63) is 52.9 Å². The second kappa shape index (κ2) is 5.87. The van der Waals surface area contributed by atoms with Crippen LogP contribution in [0.15, 0.2) is 56.3 Å². The Morgan fingerprint density at radius 2 is 2.05 bits per heavy atom. The molecule has 3 rings (SSSR count). The van der Waals surface area contributed by atoms with Gasteiger partial charge in [-0.2, -0.15) is 0 Å². The van der Waals surface area contributed by atoms with E-state index in [-0.39, 0.29) is 5.43 Å². The number of rotatable bonds is 5. The molecule has 0 aliphatic rings. The van der Waals surface area contributed by atoms with Gasteiger partial charge < -0.3 is 13.6 Å². The van der Waals surface area contributed by atoms with Crippen LogP contribution >= 0.6 is 0 Å². The molecule has 0 radical (unpaired) electrons. The first-order valence-corrected chi connectivity index (χ1v) is 7.02. The summed E-state index contributed by atoms with van der Waals surface area (Å²) >= 11 is 0. The van der Waals surface area contributed by atoms with Crippen molar-refractivity contribution < 1.29 is 13.6 Å². The molecule has 3 aromatic rings. The van der Waals surface area contributed by atoms with E-state index >= 15 is 0 Å². The number of ether oxygens (including phenoxy) is 1. The second-order valence-corrected chi connectivity index (χ2v) is 4.81. The van der Waals surface area contributed by atoms with Gasteiger partial charge in [-0.15, -0.1) is 0 Å². The molecule has 21 heavy (non-hydrogen) atoms. The first-order valence-electron chi connectivity index (χ1n) is 7.02. The highest BCUT2D eigenvalue weighted by atomic mass is 16.5. The van der Waals surface area contributed by atoms with Crippen molar-refractivity contribution in [2.24, 2.45) is 0 Å². The molecule has 2 heterocycles. The lowest BCUT2D eigenvalue weighted by Gasteiger charge is -2.06. The monoisotopic (exact) mass is 284 g/mol. The summed E-state index contributed by atoms with van der Waals surface area (Å²) in [4.78, 5) is 12.2. The standard InChI is InChI=1S/C17H16O4/c1-2-3-8-19-12-6-7-15-13(10-12)14(18)11-17(21-15)16-5-4-9-20-16/h4-7,9-11H,2-3,8H2,1H3. The molecule has 0 unspecified atom stereocenters. The maximum atomic E-state index is 12.2. The Morgan fingerprint density at radius 3 is 2.81 bits per heavy atom. The lowest BCUT2D eigenvalue weighted by Crippen LogP contribution is -2.02. The van der Waals surface area contributed by atoms with Gasteiger partial charge in [-0.1, -0.05) is 13.3 Å². The Labute approximate surface area is 122 Å². The van der Waals surface area contributed by atoms with Gasteiger partial charge in [0.2, 0.25) is 0 Å². The van der Waals surface area contributed by atoms with Crippen LogP contribution in [0.1, 0.15) is 19.8 Å². The molecule has 0 N–H and O–H groups in total. The van der Waals surface area contributed by atoms with Crippen LogP contribution in [-0.2, 0) is 0 Å². The van der Waals surface area contributed by atoms with E-state index < -0.39 is 0 Å². The molecule has 108 valence electrons. The van der Waals surface area contributed by atoms with Gasteiger partial charge in [0.25, 0.3) is 0 Å². The van der Waals surface area contributed by atoms with Gasteiger partial charge in [-0.25, -0.2) is 0 Å². The molecule has 0 saturated carbocycles. The van der Waals surface area contributed by atoms with Gasteiger partial charge >= 0.3 is 0 Å². The molecule has 2 aromatic heterocycles. The molecular formula is C17H16O4. The van der Waals surface area contributed by atoms with E-state index in [1.165, 1.54) is 6.07 Å². The first kappa shape index (κ1) is 13.5. The van der Waals surface area contributed by atoms with Crippen LogP contribution in [0.2, 0.25) is 0 Å². The summed E-state index contributed by atoms with van der Waals surface area (Å²) < 4.78 is 16.6. The van der Waals surface area contributed by atoms with Crippen LogP contribution in [-0.4, -0.2) is 6.61 Å². The van der Waals surface area contributed by atoms with Crippen LogP contribution in [0.25, 0.3) is 22.5 Å². The van der Waals surface area contributed by atoms with Gasteiger partial charge in [0.05, 0.1) is 18.3 Å². The number of furan rings is 1. The molecule has 1 aromatic carbocycles. The zero-order chi connectivity index (χ0) is 14.7. The molecule has 0 aliphatic heterocycles. The largest absolute Gasteiger partial charge is 0.494 e. The van der Waals surface area contributed by atoms with Gasteiger partial charge in [-0.3, -0.25) is 4.79 Å². The zero-order valence-electron chi connectivity index (χ0n) is 11.8. The highest BCUT2D eigenvalue weighted by Gasteiger charge is 2.09. The lowest BCUT2D eigenvalue weighted by atomic mass is 10.2. The minimum atomic E-state index is -0.108. The highest BCUT2D eigenvalue weighted by molar-refractivity contribution is 5.79. The molecular weight excluding hydrogens is 268 g/mol. The molecule has 0 amide bonds. The SMILES string of the molecule is CCCCOc1ccc2oc(-c3ccco3)cc(=O)c2c1. The van der Waals surface area contributed by atoms with Crippen molar-refractivity contribution in [1.82, 2.24) is 0 Å². The van der Waals surface area contributed by atoms with Crippen LogP contribution in [0.5, 0.6) is 5.75 Å². The van der Waals surface area contributed by atoms with Crippen molar-refractivity contribution in [3.8, 4) is 17.3 Å². The predicted molar refractivity (Wildman–Crippen MR) is 80.6 cm³/mol. The summed E-state index contributed by atoms with van der Waals surface area (Å²) in [6, 6.07) is 10.2. The van der Waals surface area contributed by atoms with E-state index in [0.717, 1.165) is 12.8 Å². The van der Waals surface area contributed by atoms with Gasteiger partial charge in [0.1, 0.15) is 11.3 Å². The fourth-order valence-corrected chi connectivity index (χ4v) is 2.10. The number of fused-ring (bicyclic) bond motifs is 1. The topological polar surface area (TPSA) is 52.6 Å². The Morgan fingerprint density at radius 1 is 1.14 bits per heavy atom. The number of hydrogen-bond acceptors (Lipinski definition) is 4. The van der Waals surface area contributed by atoms with E-state index in [0.29, 0.717) is 34.8 Å². The number of hydrogen-bond donors (Lipinski definition) is 0. The van der Waals surface area contributed by atoms with Crippen molar-refractivity contribution in [3.63, 3.8) is 0 Å². The third-order valence-electron chi connectivity index (χ3n) is 3.23. The summed E-state index contributed by atoms with van der Waals surface area (Å²) in [6.45, 7) is 2.76. The number of unbranched alkanes of at least 4 members (excludes halogenated alkanes) is 1. The van der Waals surface area contributed by atoms with E-state index in [1.807, 2.05) is 6.07 Å². The highest BCUT2D eigenvalue weighted by Crippen LogP contribution is 2.24. The van der Waals surface area contributed by atoms with Gasteiger partial charge in [0.15, 0.2) is 16.9 Å². The van der Waals surface area contributed by atoms with Crippen molar-refractivity contribution in [1.29, 1.82) is 0 Å². The Bertz CT molecular complexity index is 784. The quantitative estimate of drug-likeness (QED) is 0.658. The fraction of sp³-hybridized carbons (Fsp3) is 0.235. The Kier molecular flexibility index (Phi) is 3.77. The van der Waals surface area contributed by atoms with E-state index in [4.69, 9.17) is 13.6 Å². The Hall–Kier alpha value is -2.49. The Balaban J connectivity index is 1.98.